The van der Waals surface area contributed by atoms with Crippen LogP contribution in [0.4, 0.5) is 4.39 Å². The summed E-state index contributed by atoms with van der Waals surface area (Å²) in [5.74, 6) is 5.45. The van der Waals surface area contributed by atoms with Crippen molar-refractivity contribution in [3.05, 3.63) is 70.0 Å². The van der Waals surface area contributed by atoms with Crippen LogP contribution in [-0.2, 0) is 18.0 Å². The number of aryl methyl sites for hydroxylation is 1. The summed E-state index contributed by atoms with van der Waals surface area (Å²) < 4.78 is 19.1. The lowest BCUT2D eigenvalue weighted by Crippen LogP contribution is -2.29. The highest BCUT2D eigenvalue weighted by Crippen LogP contribution is 2.27. The smallest absolute Gasteiger partial charge is 0.126 e. The molecule has 0 amide bonds. The molecule has 3 nitrogen and oxygen atoms in total. The monoisotopic (exact) mass is 272 g/mol. The third-order valence-corrected chi connectivity index (χ3v) is 3.77. The van der Waals surface area contributed by atoms with Crippen molar-refractivity contribution >= 4 is 0 Å². The molecule has 0 radical (unpaired) electrons. The molecule has 0 fully saturated rings. The van der Waals surface area contributed by atoms with Crippen molar-refractivity contribution in [1.29, 1.82) is 0 Å². The number of benzene rings is 2. The molecule has 1 atom stereocenters. The van der Waals surface area contributed by atoms with E-state index in [1.54, 1.807) is 13.0 Å². The molecule has 3 rings (SSSR count). The van der Waals surface area contributed by atoms with Gasteiger partial charge in [-0.25, -0.2) is 9.82 Å². The number of hydrogen-bond donors (Lipinski definition) is 2. The van der Waals surface area contributed by atoms with Crippen molar-refractivity contribution in [2.75, 3.05) is 0 Å². The molecule has 0 saturated carbocycles. The predicted octanol–water partition coefficient (Wildman–Crippen LogP) is 2.72. The summed E-state index contributed by atoms with van der Waals surface area (Å²) in [6.07, 6.45) is 0. The summed E-state index contributed by atoms with van der Waals surface area (Å²) >= 11 is 0. The Morgan fingerprint density at radius 2 is 1.80 bits per heavy atom. The van der Waals surface area contributed by atoms with E-state index >= 15 is 0 Å². The highest BCUT2D eigenvalue weighted by atomic mass is 19.1. The molecule has 1 heterocycles. The third-order valence-electron chi connectivity index (χ3n) is 3.77. The Bertz CT molecular complexity index is 642. The van der Waals surface area contributed by atoms with Crippen molar-refractivity contribution in [1.82, 2.24) is 5.43 Å². The van der Waals surface area contributed by atoms with Gasteiger partial charge < -0.3 is 4.74 Å². The van der Waals surface area contributed by atoms with E-state index in [4.69, 9.17) is 10.6 Å². The van der Waals surface area contributed by atoms with E-state index in [1.807, 2.05) is 18.2 Å². The van der Waals surface area contributed by atoms with Gasteiger partial charge in [0.2, 0.25) is 0 Å². The number of nitrogens with two attached hydrogens (primary N) is 1. The molecular weight excluding hydrogens is 255 g/mol. The molecule has 1 unspecified atom stereocenters. The van der Waals surface area contributed by atoms with E-state index in [9.17, 15) is 4.39 Å². The van der Waals surface area contributed by atoms with Crippen molar-refractivity contribution in [2.45, 2.75) is 26.2 Å². The molecule has 2 aromatic rings. The van der Waals surface area contributed by atoms with Crippen LogP contribution in [0.2, 0.25) is 0 Å². The van der Waals surface area contributed by atoms with Gasteiger partial charge >= 0.3 is 0 Å². The minimum absolute atomic E-state index is 0.216. The first kappa shape index (κ1) is 13.2. The topological polar surface area (TPSA) is 47.3 Å². The van der Waals surface area contributed by atoms with Gasteiger partial charge in [-0.1, -0.05) is 30.3 Å². The third kappa shape index (κ3) is 2.33. The normalized spacial score (nSPS) is 15.2. The van der Waals surface area contributed by atoms with E-state index in [2.05, 4.69) is 11.5 Å². The number of rotatable bonds is 3. The van der Waals surface area contributed by atoms with Crippen LogP contribution in [0.3, 0.4) is 0 Å². The first-order valence-corrected chi connectivity index (χ1v) is 6.60. The van der Waals surface area contributed by atoms with Crippen LogP contribution in [0.5, 0.6) is 0 Å². The second kappa shape index (κ2) is 5.32. The van der Waals surface area contributed by atoms with E-state index in [0.29, 0.717) is 18.8 Å². The quantitative estimate of drug-likeness (QED) is 0.667. The Kier molecular flexibility index (Phi) is 3.53. The van der Waals surface area contributed by atoms with Crippen LogP contribution in [0.25, 0.3) is 0 Å². The minimum atomic E-state index is -0.226. The lowest BCUT2D eigenvalue weighted by atomic mass is 9.95. The van der Waals surface area contributed by atoms with E-state index in [1.165, 1.54) is 17.2 Å². The van der Waals surface area contributed by atoms with Crippen LogP contribution in [0.1, 0.15) is 33.9 Å². The fourth-order valence-electron chi connectivity index (χ4n) is 2.55. The van der Waals surface area contributed by atoms with Crippen LogP contribution in [-0.4, -0.2) is 0 Å². The molecule has 1 aliphatic heterocycles. The van der Waals surface area contributed by atoms with Gasteiger partial charge in [0, 0.05) is 0 Å². The second-order valence-corrected chi connectivity index (χ2v) is 5.13. The molecule has 0 bridgehead atoms. The standard InChI is InChI=1S/C16H17FN2O/c1-10-2-3-12(7-15(10)17)16(19-18)11-4-5-13-8-20-9-14(13)6-11/h2-7,16,19H,8-9,18H2,1H3. The summed E-state index contributed by atoms with van der Waals surface area (Å²) in [4.78, 5) is 0. The summed E-state index contributed by atoms with van der Waals surface area (Å²) in [5.41, 5.74) is 7.61. The van der Waals surface area contributed by atoms with E-state index in [0.717, 1.165) is 11.1 Å². The molecule has 3 N–H and O–H groups in total. The largest absolute Gasteiger partial charge is 0.372 e. The number of ether oxygens (including phenoxy) is 1. The van der Waals surface area contributed by atoms with Gasteiger partial charge in [-0.05, 0) is 40.8 Å². The predicted molar refractivity (Wildman–Crippen MR) is 75.2 cm³/mol. The maximum atomic E-state index is 13.7. The molecule has 4 heteroatoms. The van der Waals surface area contributed by atoms with Gasteiger partial charge in [0.25, 0.3) is 0 Å². The Labute approximate surface area is 117 Å². The maximum absolute atomic E-state index is 13.7. The van der Waals surface area contributed by atoms with E-state index < -0.39 is 0 Å². The van der Waals surface area contributed by atoms with Crippen LogP contribution >= 0.6 is 0 Å². The van der Waals surface area contributed by atoms with Gasteiger partial charge in [-0.15, -0.1) is 0 Å². The summed E-state index contributed by atoms with van der Waals surface area (Å²) in [6.45, 7) is 3.04. The number of nitrogens with one attached hydrogen (secondary N) is 1. The summed E-state index contributed by atoms with van der Waals surface area (Å²) in [5, 5.41) is 0. The van der Waals surface area contributed by atoms with Crippen molar-refractivity contribution in [2.24, 2.45) is 5.84 Å². The number of fused-ring (bicyclic) bond motifs is 1. The van der Waals surface area contributed by atoms with Gasteiger partial charge in [-0.3, -0.25) is 5.84 Å². The number of hydrogen-bond acceptors (Lipinski definition) is 3. The molecule has 2 aromatic carbocycles. The molecule has 0 saturated heterocycles. The SMILES string of the molecule is Cc1ccc(C(NN)c2ccc3c(c2)COC3)cc1F. The lowest BCUT2D eigenvalue weighted by molar-refractivity contribution is 0.134. The van der Waals surface area contributed by atoms with Crippen LogP contribution in [0.15, 0.2) is 36.4 Å². The summed E-state index contributed by atoms with van der Waals surface area (Å²) in [7, 11) is 0. The van der Waals surface area contributed by atoms with Gasteiger partial charge in [0.1, 0.15) is 5.82 Å². The zero-order valence-corrected chi connectivity index (χ0v) is 11.3. The van der Waals surface area contributed by atoms with Crippen LogP contribution in [0, 0.1) is 12.7 Å². The molecule has 0 aliphatic carbocycles. The maximum Gasteiger partial charge on any atom is 0.126 e. The van der Waals surface area contributed by atoms with Crippen LogP contribution < -0.4 is 11.3 Å². The molecule has 0 aromatic heterocycles. The minimum Gasteiger partial charge on any atom is -0.372 e. The zero-order valence-electron chi connectivity index (χ0n) is 11.3. The Balaban J connectivity index is 1.98. The Hall–Kier alpha value is -1.75. The van der Waals surface area contributed by atoms with Gasteiger partial charge in [-0.2, -0.15) is 0 Å². The molecule has 1 aliphatic rings. The zero-order chi connectivity index (χ0) is 14.1. The number of halogens is 1. The Morgan fingerprint density at radius 1 is 1.10 bits per heavy atom. The molecule has 20 heavy (non-hydrogen) atoms. The van der Waals surface area contributed by atoms with Gasteiger partial charge in [0.15, 0.2) is 0 Å². The Morgan fingerprint density at radius 3 is 2.55 bits per heavy atom. The average Bonchev–Trinajstić information content (AvgIpc) is 2.91. The summed E-state index contributed by atoms with van der Waals surface area (Å²) in [6, 6.07) is 11.1. The van der Waals surface area contributed by atoms with E-state index in [-0.39, 0.29) is 11.9 Å². The average molecular weight is 272 g/mol. The fourth-order valence-corrected chi connectivity index (χ4v) is 2.55. The van der Waals surface area contributed by atoms with Crippen molar-refractivity contribution in [3.63, 3.8) is 0 Å². The fraction of sp³-hybridized carbons (Fsp3) is 0.250. The highest BCUT2D eigenvalue weighted by Gasteiger charge is 2.17. The highest BCUT2D eigenvalue weighted by molar-refractivity contribution is 5.39. The van der Waals surface area contributed by atoms with Crippen molar-refractivity contribution in [3.8, 4) is 0 Å². The number of hydrazine groups is 1. The first-order valence-electron chi connectivity index (χ1n) is 6.60. The van der Waals surface area contributed by atoms with Crippen molar-refractivity contribution < 1.29 is 9.13 Å². The molecular formula is C16H17FN2O. The lowest BCUT2D eigenvalue weighted by Gasteiger charge is -2.18. The van der Waals surface area contributed by atoms with Gasteiger partial charge in [0.05, 0.1) is 19.3 Å². The molecule has 0 spiro atoms. The first-order chi connectivity index (χ1) is 9.69. The molecule has 104 valence electrons. The second-order valence-electron chi connectivity index (χ2n) is 5.13.